The summed E-state index contributed by atoms with van der Waals surface area (Å²) in [4.78, 5) is 6.55. The summed E-state index contributed by atoms with van der Waals surface area (Å²) in [6.45, 7) is 7.04. The van der Waals surface area contributed by atoms with Gasteiger partial charge in [0.25, 0.3) is 0 Å². The van der Waals surface area contributed by atoms with Crippen LogP contribution in [0, 0.1) is 13.8 Å². The second kappa shape index (κ2) is 7.79. The average molecular weight is 312 g/mol. The van der Waals surface area contributed by atoms with E-state index in [2.05, 4.69) is 11.9 Å². The van der Waals surface area contributed by atoms with Crippen LogP contribution in [0.2, 0.25) is 0 Å². The van der Waals surface area contributed by atoms with Gasteiger partial charge in [-0.1, -0.05) is 12.1 Å². The number of hydrogen-bond acceptors (Lipinski definition) is 3. The molecule has 0 bridgehead atoms. The molecule has 0 aromatic heterocycles. The van der Waals surface area contributed by atoms with Crippen LogP contribution >= 0.6 is 0 Å². The maximum Gasteiger partial charge on any atom is 0.130 e. The first-order valence-electron chi connectivity index (χ1n) is 7.76. The minimum Gasteiger partial charge on any atom is -0.457 e. The summed E-state index contributed by atoms with van der Waals surface area (Å²) in [5.41, 5.74) is 3.86. The van der Waals surface area contributed by atoms with Crippen LogP contribution in [0.3, 0.4) is 0 Å². The van der Waals surface area contributed by atoms with Crippen LogP contribution in [0.25, 0.3) is 0 Å². The molecule has 0 atom stereocenters. The third kappa shape index (κ3) is 4.57. The molecule has 2 aromatic carbocycles. The predicted molar refractivity (Wildman–Crippen MR) is 94.8 cm³/mol. The van der Waals surface area contributed by atoms with Crippen LogP contribution in [-0.2, 0) is 6.61 Å². The fourth-order valence-corrected chi connectivity index (χ4v) is 2.10. The minimum atomic E-state index is 0.00775. The summed E-state index contributed by atoms with van der Waals surface area (Å²) in [6.07, 6.45) is 1.84. The maximum atomic E-state index is 9.21. The van der Waals surface area contributed by atoms with Gasteiger partial charge in [-0.05, 0) is 61.7 Å². The summed E-state index contributed by atoms with van der Waals surface area (Å²) in [6, 6.07) is 11.5. The van der Waals surface area contributed by atoms with Crippen molar-refractivity contribution < 1.29 is 9.84 Å². The number of aliphatic hydroxyl groups is 1. The molecule has 0 saturated heterocycles. The van der Waals surface area contributed by atoms with Gasteiger partial charge in [0, 0.05) is 13.6 Å². The lowest BCUT2D eigenvalue weighted by molar-refractivity contribution is 0.281. The van der Waals surface area contributed by atoms with E-state index in [-0.39, 0.29) is 6.61 Å². The third-order valence-electron chi connectivity index (χ3n) is 3.70. The zero-order valence-corrected chi connectivity index (χ0v) is 14.2. The van der Waals surface area contributed by atoms with Crippen molar-refractivity contribution in [2.75, 3.05) is 13.6 Å². The molecular formula is C19H24N2O2. The van der Waals surface area contributed by atoms with E-state index in [9.17, 15) is 5.11 Å². The van der Waals surface area contributed by atoms with Gasteiger partial charge in [-0.2, -0.15) is 0 Å². The molecule has 2 aromatic rings. The highest BCUT2D eigenvalue weighted by Gasteiger charge is 2.07. The first-order chi connectivity index (χ1) is 11.0. The molecule has 0 fully saturated rings. The van der Waals surface area contributed by atoms with Crippen molar-refractivity contribution >= 4 is 12.0 Å². The Morgan fingerprint density at radius 3 is 2.65 bits per heavy atom. The molecule has 0 aliphatic carbocycles. The zero-order valence-electron chi connectivity index (χ0n) is 14.2. The summed E-state index contributed by atoms with van der Waals surface area (Å²) in [5, 5.41) is 9.21. The smallest absolute Gasteiger partial charge is 0.130 e. The lowest BCUT2D eigenvalue weighted by Crippen LogP contribution is -2.14. The largest absolute Gasteiger partial charge is 0.457 e. The number of hydrogen-bond donors (Lipinski definition) is 1. The molecule has 1 N–H and O–H groups in total. The number of aliphatic imine (C=N–C) groups is 1. The molecule has 0 aliphatic heterocycles. The molecule has 23 heavy (non-hydrogen) atoms. The average Bonchev–Trinajstić information content (AvgIpc) is 2.56. The van der Waals surface area contributed by atoms with E-state index >= 15 is 0 Å². The standard InChI is InChI=1S/C19H24N2O2/c1-5-21(4)13-20-18-9-15(3)19(10-14(18)2)23-17-8-6-7-16(11-17)12-22/h6-11,13,22H,5,12H2,1-4H3/b20-13+. The topological polar surface area (TPSA) is 45.1 Å². The van der Waals surface area contributed by atoms with Gasteiger partial charge in [-0.25, -0.2) is 4.99 Å². The van der Waals surface area contributed by atoms with Crippen molar-refractivity contribution in [2.24, 2.45) is 4.99 Å². The van der Waals surface area contributed by atoms with Crippen molar-refractivity contribution in [3.63, 3.8) is 0 Å². The lowest BCUT2D eigenvalue weighted by atomic mass is 10.1. The third-order valence-corrected chi connectivity index (χ3v) is 3.70. The Labute approximate surface area is 138 Å². The zero-order chi connectivity index (χ0) is 16.8. The molecule has 4 heteroatoms. The number of nitrogens with zero attached hydrogens (tertiary/aromatic N) is 2. The molecule has 0 heterocycles. The van der Waals surface area contributed by atoms with Crippen molar-refractivity contribution in [2.45, 2.75) is 27.4 Å². The molecule has 2 rings (SSSR count). The highest BCUT2D eigenvalue weighted by molar-refractivity contribution is 5.64. The van der Waals surface area contributed by atoms with E-state index in [4.69, 9.17) is 4.74 Å². The molecule has 0 radical (unpaired) electrons. The number of aliphatic hydroxyl groups excluding tert-OH is 1. The quantitative estimate of drug-likeness (QED) is 0.642. The van der Waals surface area contributed by atoms with Gasteiger partial charge < -0.3 is 14.7 Å². The fourth-order valence-electron chi connectivity index (χ4n) is 2.10. The second-order valence-corrected chi connectivity index (χ2v) is 5.63. The van der Waals surface area contributed by atoms with Gasteiger partial charge in [0.05, 0.1) is 18.6 Å². The monoisotopic (exact) mass is 312 g/mol. The molecule has 0 aliphatic rings. The Kier molecular flexibility index (Phi) is 5.77. The Balaban J connectivity index is 2.24. The number of benzene rings is 2. The first kappa shape index (κ1) is 17.0. The van der Waals surface area contributed by atoms with E-state index in [0.29, 0.717) is 0 Å². The van der Waals surface area contributed by atoms with Gasteiger partial charge in [0.1, 0.15) is 11.5 Å². The van der Waals surface area contributed by atoms with E-state index in [1.165, 1.54) is 0 Å². The normalized spacial score (nSPS) is 11.0. The summed E-state index contributed by atoms with van der Waals surface area (Å²) >= 11 is 0. The number of aryl methyl sites for hydroxylation is 2. The van der Waals surface area contributed by atoms with Gasteiger partial charge in [0.2, 0.25) is 0 Å². The van der Waals surface area contributed by atoms with E-state index < -0.39 is 0 Å². The van der Waals surface area contributed by atoms with Crippen molar-refractivity contribution in [3.8, 4) is 11.5 Å². The highest BCUT2D eigenvalue weighted by atomic mass is 16.5. The van der Waals surface area contributed by atoms with E-state index in [1.54, 1.807) is 0 Å². The van der Waals surface area contributed by atoms with Crippen LogP contribution in [0.5, 0.6) is 11.5 Å². The maximum absolute atomic E-state index is 9.21. The van der Waals surface area contributed by atoms with Crippen LogP contribution in [-0.4, -0.2) is 29.9 Å². The van der Waals surface area contributed by atoms with Crippen LogP contribution in [0.15, 0.2) is 41.4 Å². The molecule has 0 spiro atoms. The van der Waals surface area contributed by atoms with Crippen molar-refractivity contribution in [1.29, 1.82) is 0 Å². The first-order valence-corrected chi connectivity index (χ1v) is 7.76. The molecule has 0 unspecified atom stereocenters. The second-order valence-electron chi connectivity index (χ2n) is 5.63. The predicted octanol–water partition coefficient (Wildman–Crippen LogP) is 4.20. The van der Waals surface area contributed by atoms with Crippen LogP contribution in [0.1, 0.15) is 23.6 Å². The summed E-state index contributed by atoms with van der Waals surface area (Å²) in [7, 11) is 2.00. The Bertz CT molecular complexity index is 696. The van der Waals surface area contributed by atoms with Gasteiger partial charge in [0.15, 0.2) is 0 Å². The molecule has 4 nitrogen and oxygen atoms in total. The van der Waals surface area contributed by atoms with Crippen molar-refractivity contribution in [3.05, 3.63) is 53.1 Å². The lowest BCUT2D eigenvalue weighted by Gasteiger charge is -2.13. The molecule has 122 valence electrons. The van der Waals surface area contributed by atoms with Gasteiger partial charge in [-0.3, -0.25) is 0 Å². The molecule has 0 amide bonds. The SMILES string of the molecule is CCN(C)/C=N/c1cc(C)c(Oc2cccc(CO)c2)cc1C. The van der Waals surface area contributed by atoms with Gasteiger partial charge in [-0.15, -0.1) is 0 Å². The van der Waals surface area contributed by atoms with E-state index in [1.807, 2.05) is 68.5 Å². The molecular weight excluding hydrogens is 288 g/mol. The Hall–Kier alpha value is -2.33. The Morgan fingerprint density at radius 2 is 1.96 bits per heavy atom. The summed E-state index contributed by atoms with van der Waals surface area (Å²) < 4.78 is 5.96. The van der Waals surface area contributed by atoms with E-state index in [0.717, 1.165) is 40.4 Å². The highest BCUT2D eigenvalue weighted by Crippen LogP contribution is 2.31. The van der Waals surface area contributed by atoms with Crippen LogP contribution in [0.4, 0.5) is 5.69 Å². The fraction of sp³-hybridized carbons (Fsp3) is 0.316. The van der Waals surface area contributed by atoms with Crippen LogP contribution < -0.4 is 4.74 Å². The van der Waals surface area contributed by atoms with Gasteiger partial charge >= 0.3 is 0 Å². The molecule has 0 saturated carbocycles. The number of rotatable bonds is 6. The van der Waals surface area contributed by atoms with Crippen molar-refractivity contribution in [1.82, 2.24) is 4.90 Å². The minimum absolute atomic E-state index is 0.00775. The summed E-state index contributed by atoms with van der Waals surface area (Å²) in [5.74, 6) is 1.53. The number of ether oxygens (including phenoxy) is 1. The Morgan fingerprint density at radius 1 is 1.17 bits per heavy atom.